The van der Waals surface area contributed by atoms with Gasteiger partial charge in [0, 0.05) is 0 Å². The van der Waals surface area contributed by atoms with E-state index in [1.807, 2.05) is 0 Å². The Labute approximate surface area is 79.4 Å². The van der Waals surface area contributed by atoms with Crippen molar-refractivity contribution in [2.45, 2.75) is 6.04 Å². The van der Waals surface area contributed by atoms with Crippen LogP contribution in [0.1, 0.15) is 11.6 Å². The van der Waals surface area contributed by atoms with Gasteiger partial charge in [0.1, 0.15) is 0 Å². The Kier molecular flexibility index (Phi) is 3.49. The number of benzene rings is 1. The summed E-state index contributed by atoms with van der Waals surface area (Å²) >= 11 is 0. The van der Waals surface area contributed by atoms with Crippen LogP contribution in [0, 0.1) is 17.5 Å². The summed E-state index contributed by atoms with van der Waals surface area (Å²) < 4.78 is 38.0. The highest BCUT2D eigenvalue weighted by atomic mass is 19.2. The Morgan fingerprint density at radius 2 is 1.79 bits per heavy atom. The lowest BCUT2D eigenvalue weighted by Gasteiger charge is -2.13. The third-order valence-electron chi connectivity index (χ3n) is 1.94. The average molecular weight is 205 g/mol. The first-order valence-corrected chi connectivity index (χ1v) is 4.02. The van der Waals surface area contributed by atoms with Crippen molar-refractivity contribution in [2.75, 3.05) is 13.7 Å². The van der Waals surface area contributed by atoms with E-state index in [2.05, 4.69) is 5.32 Å². The number of hydrogen-bond donors (Lipinski definition) is 2. The molecule has 0 fully saturated rings. The van der Waals surface area contributed by atoms with Gasteiger partial charge in [-0.1, -0.05) is 0 Å². The van der Waals surface area contributed by atoms with Crippen LogP contribution in [-0.2, 0) is 0 Å². The SMILES string of the molecule is CNC(CO)c1cc(F)c(F)c(F)c1. The minimum Gasteiger partial charge on any atom is -0.394 e. The third kappa shape index (κ3) is 2.05. The van der Waals surface area contributed by atoms with Crippen molar-refractivity contribution in [3.8, 4) is 0 Å². The molecule has 0 radical (unpaired) electrons. The standard InChI is InChI=1S/C9H10F3NO/c1-13-8(4-14)5-2-6(10)9(12)7(11)3-5/h2-3,8,13-14H,4H2,1H3. The second kappa shape index (κ2) is 4.43. The zero-order chi connectivity index (χ0) is 10.7. The molecule has 5 heteroatoms. The molecule has 14 heavy (non-hydrogen) atoms. The normalized spacial score (nSPS) is 12.9. The van der Waals surface area contributed by atoms with E-state index < -0.39 is 23.5 Å². The average Bonchev–Trinajstić information content (AvgIpc) is 2.16. The van der Waals surface area contributed by atoms with Crippen molar-refractivity contribution < 1.29 is 18.3 Å². The van der Waals surface area contributed by atoms with Gasteiger partial charge in [-0.2, -0.15) is 0 Å². The molecule has 78 valence electrons. The first-order chi connectivity index (χ1) is 6.60. The summed E-state index contributed by atoms with van der Waals surface area (Å²) in [5.74, 6) is -4.01. The Morgan fingerprint density at radius 3 is 2.14 bits per heavy atom. The Morgan fingerprint density at radius 1 is 1.29 bits per heavy atom. The van der Waals surface area contributed by atoms with Crippen molar-refractivity contribution in [3.63, 3.8) is 0 Å². The number of hydrogen-bond acceptors (Lipinski definition) is 2. The lowest BCUT2D eigenvalue weighted by atomic mass is 10.1. The second-order valence-corrected chi connectivity index (χ2v) is 2.82. The van der Waals surface area contributed by atoms with Gasteiger partial charge in [0.25, 0.3) is 0 Å². The molecule has 0 aliphatic heterocycles. The van der Waals surface area contributed by atoms with E-state index in [0.29, 0.717) is 0 Å². The van der Waals surface area contributed by atoms with Crippen LogP contribution in [0.3, 0.4) is 0 Å². The fourth-order valence-corrected chi connectivity index (χ4v) is 1.14. The molecule has 1 aromatic rings. The van der Waals surface area contributed by atoms with Gasteiger partial charge in [0.2, 0.25) is 0 Å². The van der Waals surface area contributed by atoms with Crippen LogP contribution in [0.4, 0.5) is 13.2 Å². The van der Waals surface area contributed by atoms with Gasteiger partial charge < -0.3 is 10.4 Å². The Bertz CT molecular complexity index is 303. The van der Waals surface area contributed by atoms with E-state index in [9.17, 15) is 13.2 Å². The van der Waals surface area contributed by atoms with Crippen LogP contribution in [-0.4, -0.2) is 18.8 Å². The van der Waals surface area contributed by atoms with Crippen LogP contribution in [0.15, 0.2) is 12.1 Å². The van der Waals surface area contributed by atoms with Gasteiger partial charge in [0.15, 0.2) is 17.5 Å². The number of halogens is 3. The first kappa shape index (κ1) is 11.0. The monoisotopic (exact) mass is 205 g/mol. The number of likely N-dealkylation sites (N-methyl/N-ethyl adjacent to an activating group) is 1. The molecule has 0 amide bonds. The highest BCUT2D eigenvalue weighted by Gasteiger charge is 2.15. The maximum atomic E-state index is 12.7. The van der Waals surface area contributed by atoms with Crippen molar-refractivity contribution in [3.05, 3.63) is 35.1 Å². The fourth-order valence-electron chi connectivity index (χ4n) is 1.14. The smallest absolute Gasteiger partial charge is 0.194 e. The van der Waals surface area contributed by atoms with Crippen LogP contribution in [0.25, 0.3) is 0 Å². The lowest BCUT2D eigenvalue weighted by molar-refractivity contribution is 0.250. The van der Waals surface area contributed by atoms with Crippen molar-refractivity contribution >= 4 is 0 Å². The Hall–Kier alpha value is -1.07. The van der Waals surface area contributed by atoms with Crippen molar-refractivity contribution in [2.24, 2.45) is 0 Å². The van der Waals surface area contributed by atoms with E-state index in [-0.39, 0.29) is 12.2 Å². The van der Waals surface area contributed by atoms with E-state index in [0.717, 1.165) is 12.1 Å². The number of aliphatic hydroxyl groups is 1. The van der Waals surface area contributed by atoms with Gasteiger partial charge >= 0.3 is 0 Å². The van der Waals surface area contributed by atoms with Crippen molar-refractivity contribution in [1.29, 1.82) is 0 Å². The minimum absolute atomic E-state index is 0.173. The predicted octanol–water partition coefficient (Wildman–Crippen LogP) is 1.36. The van der Waals surface area contributed by atoms with E-state index >= 15 is 0 Å². The number of rotatable bonds is 3. The molecule has 0 spiro atoms. The maximum Gasteiger partial charge on any atom is 0.194 e. The molecule has 0 aliphatic carbocycles. The molecule has 2 N–H and O–H groups in total. The predicted molar refractivity (Wildman–Crippen MR) is 45.2 cm³/mol. The first-order valence-electron chi connectivity index (χ1n) is 4.02. The molecule has 0 aliphatic rings. The fraction of sp³-hybridized carbons (Fsp3) is 0.333. The van der Waals surface area contributed by atoms with E-state index in [4.69, 9.17) is 5.11 Å². The van der Waals surface area contributed by atoms with Crippen LogP contribution in [0.2, 0.25) is 0 Å². The zero-order valence-corrected chi connectivity index (χ0v) is 7.52. The van der Waals surface area contributed by atoms with Crippen LogP contribution >= 0.6 is 0 Å². The van der Waals surface area contributed by atoms with Crippen LogP contribution in [0.5, 0.6) is 0 Å². The molecule has 1 atom stereocenters. The largest absolute Gasteiger partial charge is 0.394 e. The number of aliphatic hydroxyl groups excluding tert-OH is 1. The second-order valence-electron chi connectivity index (χ2n) is 2.82. The minimum atomic E-state index is -1.50. The van der Waals surface area contributed by atoms with Gasteiger partial charge in [-0.25, -0.2) is 13.2 Å². The quantitative estimate of drug-likeness (QED) is 0.730. The van der Waals surface area contributed by atoms with Gasteiger partial charge in [-0.3, -0.25) is 0 Å². The summed E-state index contributed by atoms with van der Waals surface area (Å²) in [7, 11) is 1.53. The molecule has 0 bridgehead atoms. The van der Waals surface area contributed by atoms with E-state index in [1.165, 1.54) is 7.05 Å². The molecule has 0 saturated heterocycles. The Balaban J connectivity index is 3.11. The summed E-state index contributed by atoms with van der Waals surface area (Å²) in [4.78, 5) is 0. The van der Waals surface area contributed by atoms with Crippen LogP contribution < -0.4 is 5.32 Å². The summed E-state index contributed by atoms with van der Waals surface area (Å²) in [6.45, 7) is -0.318. The molecular formula is C9H10F3NO. The summed E-state index contributed by atoms with van der Waals surface area (Å²) in [5, 5.41) is 11.5. The molecular weight excluding hydrogens is 195 g/mol. The molecule has 0 saturated carbocycles. The molecule has 0 aromatic heterocycles. The summed E-state index contributed by atoms with van der Waals surface area (Å²) in [6, 6.07) is 1.12. The highest BCUT2D eigenvalue weighted by molar-refractivity contribution is 5.22. The molecule has 0 heterocycles. The molecule has 1 unspecified atom stereocenters. The maximum absolute atomic E-state index is 12.7. The topological polar surface area (TPSA) is 32.3 Å². The third-order valence-corrected chi connectivity index (χ3v) is 1.94. The van der Waals surface area contributed by atoms with Crippen molar-refractivity contribution in [1.82, 2.24) is 5.32 Å². The summed E-state index contributed by atoms with van der Waals surface area (Å²) in [6.07, 6.45) is 0. The van der Waals surface area contributed by atoms with Gasteiger partial charge in [-0.05, 0) is 24.7 Å². The molecule has 2 nitrogen and oxygen atoms in total. The van der Waals surface area contributed by atoms with Gasteiger partial charge in [0.05, 0.1) is 12.6 Å². The summed E-state index contributed by atoms with van der Waals surface area (Å²) in [5.41, 5.74) is 0.173. The molecule has 1 rings (SSSR count). The lowest BCUT2D eigenvalue weighted by Crippen LogP contribution is -2.20. The highest BCUT2D eigenvalue weighted by Crippen LogP contribution is 2.18. The van der Waals surface area contributed by atoms with Gasteiger partial charge in [-0.15, -0.1) is 0 Å². The zero-order valence-electron chi connectivity index (χ0n) is 7.52. The van der Waals surface area contributed by atoms with E-state index in [1.54, 1.807) is 0 Å². The molecule has 1 aromatic carbocycles. The number of nitrogens with one attached hydrogen (secondary N) is 1.